The van der Waals surface area contributed by atoms with Gasteiger partial charge in [-0.3, -0.25) is 0 Å². The van der Waals surface area contributed by atoms with Gasteiger partial charge in [0.25, 0.3) is 0 Å². The molecule has 0 spiro atoms. The zero-order valence-electron chi connectivity index (χ0n) is 14.3. The average Bonchev–Trinajstić information content (AvgIpc) is 2.63. The zero-order chi connectivity index (χ0) is 18.2. The van der Waals surface area contributed by atoms with Gasteiger partial charge < -0.3 is 19.5 Å². The summed E-state index contributed by atoms with van der Waals surface area (Å²) in [6.45, 7) is 0. The lowest BCUT2D eigenvalue weighted by atomic mass is 9.98. The predicted molar refractivity (Wildman–Crippen MR) is 89.6 cm³/mol. The Labute approximate surface area is 145 Å². The molecule has 0 saturated heterocycles. The Morgan fingerprint density at radius 1 is 1.16 bits per heavy atom. The highest BCUT2D eigenvalue weighted by Crippen LogP contribution is 2.32. The lowest BCUT2D eigenvalue weighted by Crippen LogP contribution is -2.21. The molecule has 1 fully saturated rings. The number of methoxy groups -OCH3 is 2. The van der Waals surface area contributed by atoms with Crippen molar-refractivity contribution in [2.24, 2.45) is 0 Å². The van der Waals surface area contributed by atoms with E-state index in [-0.39, 0.29) is 23.2 Å². The summed E-state index contributed by atoms with van der Waals surface area (Å²) < 4.78 is 29.3. The monoisotopic (exact) mass is 351 g/mol. The second-order valence-corrected chi connectivity index (χ2v) is 5.69. The van der Waals surface area contributed by atoms with Gasteiger partial charge in [-0.1, -0.05) is 12.5 Å². The molecule has 0 aromatic heterocycles. The maximum Gasteiger partial charge on any atom is 0.354 e. The number of hydrogen-bond acceptors (Lipinski definition) is 6. The highest BCUT2D eigenvalue weighted by Gasteiger charge is 2.21. The third kappa shape index (κ3) is 5.20. The van der Waals surface area contributed by atoms with Crippen LogP contribution < -0.4 is 10.1 Å². The lowest BCUT2D eigenvalue weighted by Gasteiger charge is -2.24. The Kier molecular flexibility index (Phi) is 6.80. The second kappa shape index (κ2) is 9.05. The van der Waals surface area contributed by atoms with Gasteiger partial charge in [0.15, 0.2) is 11.6 Å². The van der Waals surface area contributed by atoms with Crippen molar-refractivity contribution in [3.05, 3.63) is 35.8 Å². The van der Waals surface area contributed by atoms with Crippen molar-refractivity contribution in [3.8, 4) is 5.75 Å². The van der Waals surface area contributed by atoms with E-state index in [0.717, 1.165) is 38.2 Å². The number of halogens is 1. The molecule has 0 amide bonds. The lowest BCUT2D eigenvalue weighted by molar-refractivity contribution is -0.138. The van der Waals surface area contributed by atoms with E-state index in [2.05, 4.69) is 14.8 Å². The molecule has 0 radical (unpaired) electrons. The molecular weight excluding hydrogens is 329 g/mol. The van der Waals surface area contributed by atoms with Crippen LogP contribution in [-0.2, 0) is 19.1 Å². The molecule has 2 rings (SSSR count). The molecule has 1 aromatic carbocycles. The van der Waals surface area contributed by atoms with Gasteiger partial charge in [0.2, 0.25) is 0 Å². The summed E-state index contributed by atoms with van der Waals surface area (Å²) in [4.78, 5) is 23.3. The summed E-state index contributed by atoms with van der Waals surface area (Å²) in [5.74, 6) is -2.04. The minimum absolute atomic E-state index is 0.0223. The Morgan fingerprint density at radius 2 is 1.88 bits per heavy atom. The Morgan fingerprint density at radius 3 is 2.52 bits per heavy atom. The maximum atomic E-state index is 14.3. The molecule has 0 aliphatic heterocycles. The van der Waals surface area contributed by atoms with E-state index in [1.165, 1.54) is 26.4 Å². The fourth-order valence-corrected chi connectivity index (χ4v) is 2.65. The van der Waals surface area contributed by atoms with Gasteiger partial charge in [-0.15, -0.1) is 0 Å². The minimum atomic E-state index is -0.779. The summed E-state index contributed by atoms with van der Waals surface area (Å²) in [6, 6.07) is 4.33. The Hall–Kier alpha value is -2.57. The van der Waals surface area contributed by atoms with Gasteiger partial charge >= 0.3 is 11.9 Å². The van der Waals surface area contributed by atoms with E-state index in [1.54, 1.807) is 6.07 Å². The fourth-order valence-electron chi connectivity index (χ4n) is 2.65. The van der Waals surface area contributed by atoms with Crippen molar-refractivity contribution in [2.45, 2.75) is 38.2 Å². The van der Waals surface area contributed by atoms with E-state index in [9.17, 15) is 14.0 Å². The number of benzene rings is 1. The van der Waals surface area contributed by atoms with Crippen LogP contribution in [0.1, 0.15) is 32.1 Å². The van der Waals surface area contributed by atoms with Crippen LogP contribution in [0, 0.1) is 5.82 Å². The van der Waals surface area contributed by atoms with E-state index >= 15 is 0 Å². The summed E-state index contributed by atoms with van der Waals surface area (Å²) >= 11 is 0. The van der Waals surface area contributed by atoms with Crippen LogP contribution in [0.2, 0.25) is 0 Å². The third-order valence-corrected chi connectivity index (χ3v) is 3.94. The van der Waals surface area contributed by atoms with Crippen molar-refractivity contribution < 1.29 is 28.2 Å². The summed E-state index contributed by atoms with van der Waals surface area (Å²) in [7, 11) is 2.37. The predicted octanol–water partition coefficient (Wildman–Crippen LogP) is 3.18. The zero-order valence-corrected chi connectivity index (χ0v) is 14.3. The number of para-hydroxylation sites is 1. The van der Waals surface area contributed by atoms with Gasteiger partial charge in [0.05, 0.1) is 32.1 Å². The van der Waals surface area contributed by atoms with E-state index in [0.29, 0.717) is 0 Å². The first-order valence-electron chi connectivity index (χ1n) is 8.15. The molecule has 1 N–H and O–H groups in total. The molecule has 0 atom stereocenters. The van der Waals surface area contributed by atoms with Gasteiger partial charge in [-0.25, -0.2) is 14.0 Å². The van der Waals surface area contributed by atoms with E-state index in [4.69, 9.17) is 4.74 Å². The molecule has 1 aliphatic carbocycles. The standard InChI is InChI=1S/C18H22FNO5/c1-23-16(21)11-15(18(22)24-2)20-14-10-6-9-13(19)17(14)25-12-7-4-3-5-8-12/h6,9-12,20H,3-5,7-8H2,1-2H3/b15-11+. The van der Waals surface area contributed by atoms with Crippen LogP contribution in [0.3, 0.4) is 0 Å². The fraction of sp³-hybridized carbons (Fsp3) is 0.444. The molecule has 1 aliphatic rings. The minimum Gasteiger partial charge on any atom is -0.485 e. The Balaban J connectivity index is 2.27. The van der Waals surface area contributed by atoms with Crippen LogP contribution in [0.15, 0.2) is 30.0 Å². The van der Waals surface area contributed by atoms with Crippen molar-refractivity contribution in [2.75, 3.05) is 19.5 Å². The first-order valence-corrected chi connectivity index (χ1v) is 8.15. The molecule has 1 saturated carbocycles. The molecule has 0 bridgehead atoms. The first kappa shape index (κ1) is 18.8. The van der Waals surface area contributed by atoms with Crippen molar-refractivity contribution in [3.63, 3.8) is 0 Å². The average molecular weight is 351 g/mol. The maximum absolute atomic E-state index is 14.3. The SMILES string of the molecule is COC(=O)/C=C(/Nc1cccc(F)c1OC1CCCCC1)C(=O)OC. The van der Waals surface area contributed by atoms with Gasteiger partial charge in [0, 0.05) is 0 Å². The molecule has 6 nitrogen and oxygen atoms in total. The first-order chi connectivity index (χ1) is 12.0. The molecule has 0 unspecified atom stereocenters. The second-order valence-electron chi connectivity index (χ2n) is 5.69. The highest BCUT2D eigenvalue weighted by molar-refractivity contribution is 5.99. The molecule has 25 heavy (non-hydrogen) atoms. The van der Waals surface area contributed by atoms with Gasteiger partial charge in [-0.05, 0) is 37.8 Å². The molecule has 0 heterocycles. The van der Waals surface area contributed by atoms with Crippen LogP contribution in [-0.4, -0.2) is 32.3 Å². The van der Waals surface area contributed by atoms with Crippen LogP contribution >= 0.6 is 0 Å². The van der Waals surface area contributed by atoms with Gasteiger partial charge in [0.1, 0.15) is 5.70 Å². The van der Waals surface area contributed by atoms with Crippen molar-refractivity contribution in [1.29, 1.82) is 0 Å². The molecule has 7 heteroatoms. The summed E-state index contributed by atoms with van der Waals surface area (Å²) in [6.07, 6.45) is 5.82. The highest BCUT2D eigenvalue weighted by atomic mass is 19.1. The van der Waals surface area contributed by atoms with Crippen molar-refractivity contribution in [1.82, 2.24) is 0 Å². The molecule has 136 valence electrons. The number of esters is 2. The van der Waals surface area contributed by atoms with Gasteiger partial charge in [-0.2, -0.15) is 0 Å². The summed E-state index contributed by atoms with van der Waals surface area (Å²) in [5, 5.41) is 2.71. The van der Waals surface area contributed by atoms with E-state index in [1.807, 2.05) is 0 Å². The number of hydrogen-bond donors (Lipinski definition) is 1. The normalized spacial score (nSPS) is 15.4. The van der Waals surface area contributed by atoms with Crippen molar-refractivity contribution >= 4 is 17.6 Å². The quantitative estimate of drug-likeness (QED) is 0.627. The van der Waals surface area contributed by atoms with Crippen LogP contribution in [0.5, 0.6) is 5.75 Å². The number of anilines is 1. The molecule has 1 aromatic rings. The van der Waals surface area contributed by atoms with E-state index < -0.39 is 17.8 Å². The smallest absolute Gasteiger partial charge is 0.354 e. The van der Waals surface area contributed by atoms with Crippen LogP contribution in [0.4, 0.5) is 10.1 Å². The number of nitrogens with one attached hydrogen (secondary N) is 1. The Bertz CT molecular complexity index is 653. The largest absolute Gasteiger partial charge is 0.485 e. The topological polar surface area (TPSA) is 73.9 Å². The number of carbonyl (C=O) groups is 2. The number of carbonyl (C=O) groups excluding carboxylic acids is 2. The summed E-state index contributed by atoms with van der Waals surface area (Å²) in [5.41, 5.74) is 0.0690. The third-order valence-electron chi connectivity index (χ3n) is 3.94. The molecular formula is C18H22FNO5. The number of rotatable bonds is 6. The van der Waals surface area contributed by atoms with Crippen LogP contribution in [0.25, 0.3) is 0 Å². The number of ether oxygens (including phenoxy) is 3.